The van der Waals surface area contributed by atoms with E-state index in [4.69, 9.17) is 11.0 Å². The van der Waals surface area contributed by atoms with Gasteiger partial charge in [0.15, 0.2) is 0 Å². The molecule has 126 valence electrons. The van der Waals surface area contributed by atoms with Crippen LogP contribution in [0, 0.1) is 11.3 Å². The van der Waals surface area contributed by atoms with Crippen LogP contribution in [0.5, 0.6) is 0 Å². The lowest BCUT2D eigenvalue weighted by Gasteiger charge is -2.15. The number of nitrogens with one attached hydrogen (secondary N) is 1. The molecule has 1 unspecified atom stereocenters. The second kappa shape index (κ2) is 7.58. The second-order valence-electron chi connectivity index (χ2n) is 5.92. The van der Waals surface area contributed by atoms with Gasteiger partial charge in [-0.1, -0.05) is 44.2 Å². The summed E-state index contributed by atoms with van der Waals surface area (Å²) in [5.74, 6) is 0.432. The van der Waals surface area contributed by atoms with Crippen molar-refractivity contribution < 1.29 is 8.42 Å². The van der Waals surface area contributed by atoms with Gasteiger partial charge in [0.1, 0.15) is 0 Å². The second-order valence-corrected chi connectivity index (χ2v) is 7.69. The van der Waals surface area contributed by atoms with Gasteiger partial charge in [-0.2, -0.15) is 5.26 Å². The summed E-state index contributed by atoms with van der Waals surface area (Å²) in [6, 6.07) is 15.2. The highest BCUT2D eigenvalue weighted by Gasteiger charge is 2.16. The van der Waals surface area contributed by atoms with Gasteiger partial charge in [-0.3, -0.25) is 0 Å². The monoisotopic (exact) mass is 343 g/mol. The zero-order valence-corrected chi connectivity index (χ0v) is 14.5. The Morgan fingerprint density at radius 3 is 2.33 bits per heavy atom. The van der Waals surface area contributed by atoms with Crippen LogP contribution in [0.2, 0.25) is 0 Å². The fourth-order valence-electron chi connectivity index (χ4n) is 2.26. The van der Waals surface area contributed by atoms with Crippen molar-refractivity contribution in [2.75, 3.05) is 6.54 Å². The maximum Gasteiger partial charge on any atom is 0.240 e. The molecular weight excluding hydrogens is 322 g/mol. The first kappa shape index (κ1) is 18.1. The highest BCUT2D eigenvalue weighted by molar-refractivity contribution is 7.89. The van der Waals surface area contributed by atoms with Crippen LogP contribution in [0.15, 0.2) is 53.4 Å². The van der Waals surface area contributed by atoms with Gasteiger partial charge in [0, 0.05) is 12.6 Å². The number of nitrogens with two attached hydrogens (primary N) is 1. The maximum atomic E-state index is 12.3. The fourth-order valence-corrected chi connectivity index (χ4v) is 3.37. The van der Waals surface area contributed by atoms with Crippen molar-refractivity contribution in [3.63, 3.8) is 0 Å². The Labute approximate surface area is 143 Å². The van der Waals surface area contributed by atoms with E-state index in [1.165, 1.54) is 23.8 Å². The Bertz CT molecular complexity index is 837. The zero-order valence-electron chi connectivity index (χ0n) is 13.7. The third-order valence-electron chi connectivity index (χ3n) is 3.80. The average molecular weight is 343 g/mol. The van der Waals surface area contributed by atoms with Crippen LogP contribution >= 0.6 is 0 Å². The lowest BCUT2D eigenvalue weighted by Crippen LogP contribution is -2.32. The van der Waals surface area contributed by atoms with Crippen molar-refractivity contribution >= 4 is 10.0 Å². The molecule has 0 aliphatic rings. The minimum Gasteiger partial charge on any atom is -0.323 e. The molecule has 0 radical (unpaired) electrons. The largest absolute Gasteiger partial charge is 0.323 e. The normalized spacial score (nSPS) is 12.8. The molecule has 0 bridgehead atoms. The Hall–Kier alpha value is -2.20. The molecule has 0 amide bonds. The average Bonchev–Trinajstić information content (AvgIpc) is 2.60. The smallest absolute Gasteiger partial charge is 0.240 e. The molecule has 1 atom stereocenters. The number of hydrogen-bond acceptors (Lipinski definition) is 4. The highest BCUT2D eigenvalue weighted by atomic mass is 32.2. The Balaban J connectivity index is 2.07. The lowest BCUT2D eigenvalue weighted by atomic mass is 9.99. The number of nitrogens with zero attached hydrogens (tertiary/aromatic N) is 1. The summed E-state index contributed by atoms with van der Waals surface area (Å²) in [4.78, 5) is 0.0592. The van der Waals surface area contributed by atoms with Crippen molar-refractivity contribution in [2.24, 2.45) is 5.73 Å². The quantitative estimate of drug-likeness (QED) is 0.843. The molecule has 0 fully saturated rings. The molecule has 0 saturated heterocycles. The standard InChI is InChI=1S/C18H21N3O2S/c1-13(2)15-6-8-16(9-7-15)18(20)12-21-24(22,23)17-5-3-4-14(10-17)11-19/h3-10,13,18,21H,12,20H2,1-2H3. The fraction of sp³-hybridized carbons (Fsp3) is 0.278. The van der Waals surface area contributed by atoms with Crippen LogP contribution in [0.1, 0.15) is 42.5 Å². The van der Waals surface area contributed by atoms with Crippen LogP contribution in [-0.4, -0.2) is 15.0 Å². The third-order valence-corrected chi connectivity index (χ3v) is 5.22. The molecule has 2 aromatic rings. The first-order valence-corrected chi connectivity index (χ1v) is 9.17. The predicted octanol–water partition coefficient (Wildman–Crippen LogP) is 2.66. The van der Waals surface area contributed by atoms with Crippen LogP contribution in [0.3, 0.4) is 0 Å². The molecule has 0 saturated carbocycles. The minimum atomic E-state index is -3.70. The number of sulfonamides is 1. The van der Waals surface area contributed by atoms with E-state index >= 15 is 0 Å². The van der Waals surface area contributed by atoms with Crippen molar-refractivity contribution in [2.45, 2.75) is 30.7 Å². The molecule has 6 heteroatoms. The van der Waals surface area contributed by atoms with Crippen LogP contribution in [0.4, 0.5) is 0 Å². The molecule has 0 aliphatic heterocycles. The van der Waals surface area contributed by atoms with Gasteiger partial charge in [0.05, 0.1) is 16.5 Å². The molecule has 0 spiro atoms. The predicted molar refractivity (Wildman–Crippen MR) is 93.8 cm³/mol. The molecule has 0 heterocycles. The van der Waals surface area contributed by atoms with Gasteiger partial charge >= 0.3 is 0 Å². The Kier molecular flexibility index (Phi) is 5.73. The number of rotatable bonds is 6. The molecule has 24 heavy (non-hydrogen) atoms. The Morgan fingerprint density at radius 2 is 1.75 bits per heavy atom. The lowest BCUT2D eigenvalue weighted by molar-refractivity contribution is 0.572. The third kappa shape index (κ3) is 4.42. The molecule has 2 rings (SSSR count). The molecule has 5 nitrogen and oxygen atoms in total. The molecule has 0 aromatic heterocycles. The molecular formula is C18H21N3O2S. The van der Waals surface area contributed by atoms with Crippen molar-refractivity contribution in [3.05, 3.63) is 65.2 Å². The summed E-state index contributed by atoms with van der Waals surface area (Å²) >= 11 is 0. The summed E-state index contributed by atoms with van der Waals surface area (Å²) in [5.41, 5.74) is 8.46. The van der Waals surface area contributed by atoms with Gasteiger partial charge in [-0.25, -0.2) is 13.1 Å². The molecule has 3 N–H and O–H groups in total. The van der Waals surface area contributed by atoms with Gasteiger partial charge in [0.25, 0.3) is 0 Å². The van der Waals surface area contributed by atoms with Crippen molar-refractivity contribution in [1.82, 2.24) is 4.72 Å². The van der Waals surface area contributed by atoms with Crippen LogP contribution in [0.25, 0.3) is 0 Å². The van der Waals surface area contributed by atoms with Crippen molar-refractivity contribution in [3.8, 4) is 6.07 Å². The van der Waals surface area contributed by atoms with E-state index in [1.54, 1.807) is 6.07 Å². The highest BCUT2D eigenvalue weighted by Crippen LogP contribution is 2.18. The van der Waals surface area contributed by atoms with Gasteiger partial charge < -0.3 is 5.73 Å². The van der Waals surface area contributed by atoms with E-state index in [0.29, 0.717) is 11.5 Å². The van der Waals surface area contributed by atoms with Crippen LogP contribution < -0.4 is 10.5 Å². The van der Waals surface area contributed by atoms with E-state index in [2.05, 4.69) is 18.6 Å². The SMILES string of the molecule is CC(C)c1ccc(C(N)CNS(=O)(=O)c2cccc(C#N)c2)cc1. The van der Waals surface area contributed by atoms with Crippen LogP contribution in [-0.2, 0) is 10.0 Å². The minimum absolute atomic E-state index is 0.0592. The van der Waals surface area contributed by atoms with E-state index < -0.39 is 16.1 Å². The molecule has 2 aromatic carbocycles. The van der Waals surface area contributed by atoms with Gasteiger partial charge in [-0.05, 0) is 35.2 Å². The van der Waals surface area contributed by atoms with Gasteiger partial charge in [0.2, 0.25) is 10.0 Å². The first-order chi connectivity index (χ1) is 11.3. The van der Waals surface area contributed by atoms with E-state index in [0.717, 1.165) is 5.56 Å². The topological polar surface area (TPSA) is 96.0 Å². The first-order valence-electron chi connectivity index (χ1n) is 7.69. The van der Waals surface area contributed by atoms with E-state index in [-0.39, 0.29) is 11.4 Å². The molecule has 0 aliphatic carbocycles. The number of benzene rings is 2. The summed E-state index contributed by atoms with van der Waals surface area (Å²) in [5, 5.41) is 8.87. The van der Waals surface area contributed by atoms with E-state index in [1.807, 2.05) is 30.3 Å². The number of nitriles is 1. The zero-order chi connectivity index (χ0) is 17.7. The van der Waals surface area contributed by atoms with Gasteiger partial charge in [-0.15, -0.1) is 0 Å². The Morgan fingerprint density at radius 1 is 1.12 bits per heavy atom. The summed E-state index contributed by atoms with van der Waals surface area (Å²) in [6.07, 6.45) is 0. The summed E-state index contributed by atoms with van der Waals surface area (Å²) in [6.45, 7) is 4.30. The van der Waals surface area contributed by atoms with Crippen molar-refractivity contribution in [1.29, 1.82) is 5.26 Å². The summed E-state index contributed by atoms with van der Waals surface area (Å²) < 4.78 is 27.1. The van der Waals surface area contributed by atoms with E-state index in [9.17, 15) is 8.42 Å². The number of hydrogen-bond donors (Lipinski definition) is 2. The summed E-state index contributed by atoms with van der Waals surface area (Å²) in [7, 11) is -3.70. The maximum absolute atomic E-state index is 12.3.